The predicted molar refractivity (Wildman–Crippen MR) is 97.6 cm³/mol. The summed E-state index contributed by atoms with van der Waals surface area (Å²) >= 11 is 4.03. The molecule has 2 rings (SSSR count). The molecule has 146 valence electrons. The smallest absolute Gasteiger partial charge is 0.346 e. The average Bonchev–Trinajstić information content (AvgIpc) is 2.59. The van der Waals surface area contributed by atoms with Crippen molar-refractivity contribution in [2.45, 2.75) is 23.2 Å². The van der Waals surface area contributed by atoms with Gasteiger partial charge in [-0.3, -0.25) is 0 Å². The van der Waals surface area contributed by atoms with Crippen LogP contribution in [0.4, 0.5) is 8.78 Å². The Hall–Kier alpha value is -2.17. The second-order valence-electron chi connectivity index (χ2n) is 5.66. The summed E-state index contributed by atoms with van der Waals surface area (Å²) in [6, 6.07) is 8.92. The van der Waals surface area contributed by atoms with E-state index in [1.165, 1.54) is 12.1 Å². The van der Waals surface area contributed by atoms with E-state index < -0.39 is 51.3 Å². The molecule has 6 nitrogen and oxygen atoms in total. The van der Waals surface area contributed by atoms with Crippen molar-refractivity contribution in [3.8, 4) is 5.75 Å². The van der Waals surface area contributed by atoms with Crippen LogP contribution in [0.5, 0.6) is 5.75 Å². The SMILES string of the molecule is Cc1ccc(S(=O)(=O)NCC(S)C(Oc2c(F)cccc2F)C(=O)O)cc1. The molecule has 2 atom stereocenters. The van der Waals surface area contributed by atoms with E-state index in [1.807, 2.05) is 0 Å². The molecule has 2 unspecified atom stereocenters. The quantitative estimate of drug-likeness (QED) is 0.574. The highest BCUT2D eigenvalue weighted by molar-refractivity contribution is 7.89. The summed E-state index contributed by atoms with van der Waals surface area (Å²) in [5.41, 5.74) is 0.868. The normalized spacial score (nSPS) is 13.8. The zero-order chi connectivity index (χ0) is 20.2. The van der Waals surface area contributed by atoms with Crippen LogP contribution in [0.15, 0.2) is 47.4 Å². The van der Waals surface area contributed by atoms with Gasteiger partial charge in [0.25, 0.3) is 0 Å². The molecule has 0 heterocycles. The third kappa shape index (κ3) is 5.41. The molecule has 10 heteroatoms. The van der Waals surface area contributed by atoms with Gasteiger partial charge in [0, 0.05) is 6.54 Å². The summed E-state index contributed by atoms with van der Waals surface area (Å²) in [6.45, 7) is 1.36. The molecule has 0 fully saturated rings. The topological polar surface area (TPSA) is 92.7 Å². The Labute approximate surface area is 160 Å². The van der Waals surface area contributed by atoms with E-state index in [2.05, 4.69) is 17.4 Å². The maximum absolute atomic E-state index is 13.7. The number of sulfonamides is 1. The third-order valence-corrected chi connectivity index (χ3v) is 5.46. The first-order valence-electron chi connectivity index (χ1n) is 7.69. The first-order chi connectivity index (χ1) is 12.6. The van der Waals surface area contributed by atoms with Crippen LogP contribution in [0.2, 0.25) is 0 Å². The molecule has 2 N–H and O–H groups in total. The number of hydrogen-bond donors (Lipinski definition) is 3. The monoisotopic (exact) mass is 417 g/mol. The number of carboxylic acid groups (broad SMARTS) is 1. The first-order valence-corrected chi connectivity index (χ1v) is 9.69. The Balaban J connectivity index is 2.12. The number of aryl methyl sites for hydroxylation is 1. The third-order valence-electron chi connectivity index (χ3n) is 3.57. The van der Waals surface area contributed by atoms with E-state index in [1.54, 1.807) is 19.1 Å². The minimum atomic E-state index is -3.92. The fraction of sp³-hybridized carbons (Fsp3) is 0.235. The highest BCUT2D eigenvalue weighted by atomic mass is 32.2. The van der Waals surface area contributed by atoms with E-state index in [0.29, 0.717) is 0 Å². The lowest BCUT2D eigenvalue weighted by Crippen LogP contribution is -2.43. The number of carboxylic acids is 1. The van der Waals surface area contributed by atoms with Crippen molar-refractivity contribution >= 4 is 28.6 Å². The number of carbonyl (C=O) groups is 1. The molecular formula is C17H17F2NO5S2. The molecular weight excluding hydrogens is 400 g/mol. The number of nitrogens with one attached hydrogen (secondary N) is 1. The minimum Gasteiger partial charge on any atom is -0.478 e. The molecule has 2 aromatic rings. The predicted octanol–water partition coefficient (Wildman–Crippen LogP) is 2.38. The summed E-state index contributed by atoms with van der Waals surface area (Å²) in [6.07, 6.45) is -1.79. The van der Waals surface area contributed by atoms with Crippen molar-refractivity contribution in [2.24, 2.45) is 0 Å². The molecule has 0 radical (unpaired) electrons. The van der Waals surface area contributed by atoms with Gasteiger partial charge >= 0.3 is 5.97 Å². The van der Waals surface area contributed by atoms with Crippen LogP contribution in [0.25, 0.3) is 0 Å². The molecule has 0 aliphatic carbocycles. The second kappa shape index (κ2) is 8.68. The molecule has 0 spiro atoms. The lowest BCUT2D eigenvalue weighted by Gasteiger charge is -2.21. The minimum absolute atomic E-state index is 0.0124. The summed E-state index contributed by atoms with van der Waals surface area (Å²) in [5, 5.41) is 8.05. The number of ether oxygens (including phenoxy) is 1. The van der Waals surface area contributed by atoms with Crippen molar-refractivity contribution in [3.05, 3.63) is 59.7 Å². The number of hydrogen-bond acceptors (Lipinski definition) is 5. The number of aliphatic carboxylic acids is 1. The number of rotatable bonds is 8. The van der Waals surface area contributed by atoms with E-state index in [0.717, 1.165) is 23.8 Å². The molecule has 0 amide bonds. The highest BCUT2D eigenvalue weighted by Gasteiger charge is 2.31. The molecule has 0 aromatic heterocycles. The molecule has 2 aromatic carbocycles. The van der Waals surface area contributed by atoms with Gasteiger partial charge in [-0.25, -0.2) is 26.7 Å². The maximum atomic E-state index is 13.7. The lowest BCUT2D eigenvalue weighted by atomic mass is 10.2. The van der Waals surface area contributed by atoms with Gasteiger partial charge in [0.15, 0.2) is 17.4 Å². The number of benzene rings is 2. The fourth-order valence-electron chi connectivity index (χ4n) is 2.12. The molecule has 0 saturated carbocycles. The Bertz CT molecular complexity index is 899. The average molecular weight is 417 g/mol. The van der Waals surface area contributed by atoms with Gasteiger partial charge in [-0.1, -0.05) is 23.8 Å². The van der Waals surface area contributed by atoms with Crippen LogP contribution in [0.3, 0.4) is 0 Å². The standard InChI is InChI=1S/C17H17F2NO5S2/c1-10-5-7-11(8-6-10)27(23,24)20-9-14(26)16(17(21)22)25-15-12(18)3-2-4-13(15)19/h2-8,14,16,20,26H,9H2,1H3,(H,21,22). The Morgan fingerprint density at radius 1 is 1.19 bits per heavy atom. The van der Waals surface area contributed by atoms with Gasteiger partial charge in [-0.2, -0.15) is 12.6 Å². The van der Waals surface area contributed by atoms with Crippen LogP contribution >= 0.6 is 12.6 Å². The largest absolute Gasteiger partial charge is 0.478 e. The summed E-state index contributed by atoms with van der Waals surface area (Å²) in [5.74, 6) is -4.58. The van der Waals surface area contributed by atoms with Crippen LogP contribution in [-0.4, -0.2) is 37.4 Å². The first kappa shape index (κ1) is 21.1. The Morgan fingerprint density at radius 2 is 1.74 bits per heavy atom. The van der Waals surface area contributed by atoms with Gasteiger partial charge in [0.1, 0.15) is 0 Å². The highest BCUT2D eigenvalue weighted by Crippen LogP contribution is 2.24. The zero-order valence-corrected chi connectivity index (χ0v) is 15.8. The summed E-state index contributed by atoms with van der Waals surface area (Å²) in [7, 11) is -3.92. The van der Waals surface area contributed by atoms with Crippen LogP contribution in [0, 0.1) is 18.6 Å². The lowest BCUT2D eigenvalue weighted by molar-refractivity contribution is -0.145. The molecule has 0 bridgehead atoms. The van der Waals surface area contributed by atoms with Crippen LogP contribution in [-0.2, 0) is 14.8 Å². The molecule has 0 aliphatic heterocycles. The summed E-state index contributed by atoms with van der Waals surface area (Å²) < 4.78 is 59.0. The van der Waals surface area contributed by atoms with Crippen molar-refractivity contribution < 1.29 is 31.8 Å². The van der Waals surface area contributed by atoms with Crippen LogP contribution in [0.1, 0.15) is 5.56 Å². The van der Waals surface area contributed by atoms with Gasteiger partial charge in [0.2, 0.25) is 16.1 Å². The van der Waals surface area contributed by atoms with Crippen molar-refractivity contribution in [3.63, 3.8) is 0 Å². The van der Waals surface area contributed by atoms with Gasteiger partial charge in [0.05, 0.1) is 10.1 Å². The number of thiol groups is 1. The Kier molecular flexibility index (Phi) is 6.79. The maximum Gasteiger partial charge on any atom is 0.346 e. The van der Waals surface area contributed by atoms with E-state index in [4.69, 9.17) is 4.74 Å². The van der Waals surface area contributed by atoms with Crippen molar-refractivity contribution in [1.82, 2.24) is 4.72 Å². The van der Waals surface area contributed by atoms with Crippen molar-refractivity contribution in [1.29, 1.82) is 0 Å². The molecule has 0 saturated heterocycles. The zero-order valence-electron chi connectivity index (χ0n) is 14.1. The summed E-state index contributed by atoms with van der Waals surface area (Å²) in [4.78, 5) is 11.4. The van der Waals surface area contributed by atoms with Gasteiger partial charge in [-0.15, -0.1) is 0 Å². The fourth-order valence-corrected chi connectivity index (χ4v) is 3.58. The molecule has 27 heavy (non-hydrogen) atoms. The van der Waals surface area contributed by atoms with Gasteiger partial charge < -0.3 is 9.84 Å². The second-order valence-corrected chi connectivity index (χ2v) is 8.09. The van der Waals surface area contributed by atoms with E-state index in [-0.39, 0.29) is 4.90 Å². The Morgan fingerprint density at radius 3 is 2.26 bits per heavy atom. The number of para-hydroxylation sites is 1. The van der Waals surface area contributed by atoms with E-state index in [9.17, 15) is 27.1 Å². The number of halogens is 2. The van der Waals surface area contributed by atoms with Crippen LogP contribution < -0.4 is 9.46 Å². The van der Waals surface area contributed by atoms with Gasteiger partial charge in [-0.05, 0) is 31.2 Å². The molecule has 0 aliphatic rings. The van der Waals surface area contributed by atoms with Crippen molar-refractivity contribution in [2.75, 3.05) is 6.54 Å². The van der Waals surface area contributed by atoms with E-state index >= 15 is 0 Å².